The van der Waals surface area contributed by atoms with Crippen molar-refractivity contribution in [1.82, 2.24) is 15.5 Å². The van der Waals surface area contributed by atoms with E-state index in [0.717, 1.165) is 38.1 Å². The van der Waals surface area contributed by atoms with Crippen LogP contribution in [0.25, 0.3) is 0 Å². The Kier molecular flexibility index (Phi) is 10.7. The Morgan fingerprint density at radius 3 is 2.57 bits per heavy atom. The largest absolute Gasteiger partial charge is 0.357 e. The van der Waals surface area contributed by atoms with Gasteiger partial charge in [0.25, 0.3) is 0 Å². The molecule has 1 fully saturated rings. The molecule has 2 N–H and O–H groups in total. The topological polar surface area (TPSA) is 56.7 Å². The van der Waals surface area contributed by atoms with Crippen LogP contribution in [0.5, 0.6) is 0 Å². The van der Waals surface area contributed by atoms with Gasteiger partial charge in [0.2, 0.25) is 5.91 Å². The van der Waals surface area contributed by atoms with Crippen molar-refractivity contribution in [3.63, 3.8) is 0 Å². The Labute approximate surface area is 183 Å². The average molecular weight is 508 g/mol. The molecule has 0 bridgehead atoms. The molecule has 8 heteroatoms. The van der Waals surface area contributed by atoms with Gasteiger partial charge in [-0.05, 0) is 49.9 Å². The molecule has 5 nitrogen and oxygen atoms in total. The first-order valence-electron chi connectivity index (χ1n) is 9.68. The normalized spacial score (nSPS) is 15.4. The zero-order valence-electron chi connectivity index (χ0n) is 16.8. The molecule has 1 aromatic rings. The Hall–Kier alpha value is -1.45. The first-order chi connectivity index (χ1) is 12.9. The fourth-order valence-corrected chi connectivity index (χ4v) is 3.15. The van der Waals surface area contributed by atoms with Crippen molar-refractivity contribution in [2.45, 2.75) is 46.1 Å². The highest BCUT2D eigenvalue weighted by Crippen LogP contribution is 2.13. The van der Waals surface area contributed by atoms with Gasteiger partial charge in [-0.25, -0.2) is 8.78 Å². The third-order valence-electron chi connectivity index (χ3n) is 4.64. The third kappa shape index (κ3) is 7.52. The van der Waals surface area contributed by atoms with Gasteiger partial charge in [-0.2, -0.15) is 0 Å². The van der Waals surface area contributed by atoms with Gasteiger partial charge < -0.3 is 15.5 Å². The number of rotatable bonds is 6. The second kappa shape index (κ2) is 12.2. The molecule has 0 aliphatic carbocycles. The fourth-order valence-electron chi connectivity index (χ4n) is 3.15. The van der Waals surface area contributed by atoms with E-state index in [4.69, 9.17) is 0 Å². The number of piperidine rings is 1. The number of carbonyl (C=O) groups is 1. The lowest BCUT2D eigenvalue weighted by atomic mass is 10.0. The van der Waals surface area contributed by atoms with Crippen LogP contribution in [0.1, 0.15) is 39.2 Å². The molecule has 158 valence electrons. The number of likely N-dealkylation sites (tertiary alicyclic amines) is 1. The van der Waals surface area contributed by atoms with Crippen molar-refractivity contribution < 1.29 is 13.6 Å². The summed E-state index contributed by atoms with van der Waals surface area (Å²) < 4.78 is 26.9. The summed E-state index contributed by atoms with van der Waals surface area (Å²) in [5, 5.41) is 6.58. The molecule has 0 spiro atoms. The van der Waals surface area contributed by atoms with E-state index in [0.29, 0.717) is 31.0 Å². The van der Waals surface area contributed by atoms with E-state index in [2.05, 4.69) is 15.6 Å². The van der Waals surface area contributed by atoms with Crippen molar-refractivity contribution in [2.24, 2.45) is 10.9 Å². The molecular formula is C20H31F2IN4O. The minimum absolute atomic E-state index is 0. The van der Waals surface area contributed by atoms with Crippen LogP contribution in [0.3, 0.4) is 0 Å². The van der Waals surface area contributed by atoms with Crippen molar-refractivity contribution in [1.29, 1.82) is 0 Å². The Balaban J connectivity index is 0.00000392. The van der Waals surface area contributed by atoms with Gasteiger partial charge >= 0.3 is 0 Å². The molecule has 28 heavy (non-hydrogen) atoms. The van der Waals surface area contributed by atoms with Gasteiger partial charge in [0.1, 0.15) is 11.6 Å². The third-order valence-corrected chi connectivity index (χ3v) is 4.64. The summed E-state index contributed by atoms with van der Waals surface area (Å²) in [6.45, 7) is 8.37. The lowest BCUT2D eigenvalue weighted by Gasteiger charge is -2.34. The standard InChI is InChI=1S/C20H30F2N4O.HI/c1-4-23-20(24-10-7-15-13-16(21)5-6-18(15)22)25-17-8-11-26(12-9-17)19(27)14(2)3;/h5-6,13-14,17H,4,7-12H2,1-3H3,(H2,23,24,25);1H. The number of guanidine groups is 1. The average Bonchev–Trinajstić information content (AvgIpc) is 2.64. The Morgan fingerprint density at radius 1 is 1.29 bits per heavy atom. The number of hydrogen-bond donors (Lipinski definition) is 2. The highest BCUT2D eigenvalue weighted by atomic mass is 127. The van der Waals surface area contributed by atoms with E-state index >= 15 is 0 Å². The Bertz CT molecular complexity index is 662. The van der Waals surface area contributed by atoms with Crippen molar-refractivity contribution >= 4 is 35.8 Å². The molecule has 1 aliphatic rings. The van der Waals surface area contributed by atoms with Crippen LogP contribution >= 0.6 is 24.0 Å². The van der Waals surface area contributed by atoms with Crippen LogP contribution in [-0.2, 0) is 11.2 Å². The van der Waals surface area contributed by atoms with E-state index in [1.165, 1.54) is 6.07 Å². The molecule has 1 amide bonds. The summed E-state index contributed by atoms with van der Waals surface area (Å²) in [4.78, 5) is 18.5. The molecule has 0 aromatic heterocycles. The molecule has 1 aromatic carbocycles. The minimum Gasteiger partial charge on any atom is -0.357 e. The molecule has 1 aliphatic heterocycles. The number of halogens is 3. The first-order valence-corrected chi connectivity index (χ1v) is 9.68. The molecule has 0 radical (unpaired) electrons. The maximum absolute atomic E-state index is 13.7. The van der Waals surface area contributed by atoms with Gasteiger partial charge in [0.05, 0.1) is 0 Å². The van der Waals surface area contributed by atoms with Crippen molar-refractivity contribution in [3.8, 4) is 0 Å². The first kappa shape index (κ1) is 24.6. The zero-order chi connectivity index (χ0) is 19.8. The van der Waals surface area contributed by atoms with Crippen LogP contribution in [0.15, 0.2) is 23.2 Å². The molecule has 1 heterocycles. The van der Waals surface area contributed by atoms with Crippen molar-refractivity contribution in [3.05, 3.63) is 35.4 Å². The summed E-state index contributed by atoms with van der Waals surface area (Å²) in [7, 11) is 0. The molecule has 0 saturated carbocycles. The van der Waals surface area contributed by atoms with Crippen LogP contribution in [-0.4, -0.2) is 49.0 Å². The van der Waals surface area contributed by atoms with Gasteiger partial charge in [-0.3, -0.25) is 9.79 Å². The lowest BCUT2D eigenvalue weighted by molar-refractivity contribution is -0.135. The summed E-state index contributed by atoms with van der Waals surface area (Å²) >= 11 is 0. The van der Waals surface area contributed by atoms with Gasteiger partial charge in [0, 0.05) is 38.1 Å². The number of benzene rings is 1. The molecule has 0 atom stereocenters. The van der Waals surface area contributed by atoms with E-state index in [1.54, 1.807) is 0 Å². The van der Waals surface area contributed by atoms with Gasteiger partial charge in [0.15, 0.2) is 5.96 Å². The number of carbonyl (C=O) groups excluding carboxylic acids is 1. The summed E-state index contributed by atoms with van der Waals surface area (Å²) in [6.07, 6.45) is 2.06. The summed E-state index contributed by atoms with van der Waals surface area (Å²) in [5.41, 5.74) is 0.329. The molecular weight excluding hydrogens is 477 g/mol. The maximum Gasteiger partial charge on any atom is 0.225 e. The smallest absolute Gasteiger partial charge is 0.225 e. The van der Waals surface area contributed by atoms with Crippen LogP contribution in [0.2, 0.25) is 0 Å². The minimum atomic E-state index is -0.442. The zero-order valence-corrected chi connectivity index (χ0v) is 19.1. The number of hydrogen-bond acceptors (Lipinski definition) is 2. The lowest BCUT2D eigenvalue weighted by Crippen LogP contribution is -2.50. The molecule has 2 rings (SSSR count). The van der Waals surface area contributed by atoms with Crippen LogP contribution in [0.4, 0.5) is 8.78 Å². The Morgan fingerprint density at radius 2 is 1.96 bits per heavy atom. The second-order valence-electron chi connectivity index (χ2n) is 7.14. The number of aliphatic imine (C=N–C) groups is 1. The SMILES string of the molecule is CCNC(=NCCc1cc(F)ccc1F)NC1CCN(C(=O)C(C)C)CC1.I. The maximum atomic E-state index is 13.7. The summed E-state index contributed by atoms with van der Waals surface area (Å²) in [6, 6.07) is 3.71. The van der Waals surface area contributed by atoms with E-state index in [-0.39, 0.29) is 41.8 Å². The number of amides is 1. The monoisotopic (exact) mass is 508 g/mol. The number of nitrogens with one attached hydrogen (secondary N) is 2. The molecule has 1 saturated heterocycles. The van der Waals surface area contributed by atoms with Gasteiger partial charge in [-0.15, -0.1) is 24.0 Å². The van der Waals surface area contributed by atoms with Crippen LogP contribution < -0.4 is 10.6 Å². The predicted molar refractivity (Wildman–Crippen MR) is 119 cm³/mol. The van der Waals surface area contributed by atoms with Gasteiger partial charge in [-0.1, -0.05) is 13.8 Å². The van der Waals surface area contributed by atoms with E-state index < -0.39 is 11.6 Å². The van der Waals surface area contributed by atoms with E-state index in [9.17, 15) is 13.6 Å². The number of nitrogens with zero attached hydrogens (tertiary/aromatic N) is 2. The fraction of sp³-hybridized carbons (Fsp3) is 0.600. The molecule has 0 unspecified atom stereocenters. The van der Waals surface area contributed by atoms with E-state index in [1.807, 2.05) is 25.7 Å². The van der Waals surface area contributed by atoms with Crippen molar-refractivity contribution in [2.75, 3.05) is 26.2 Å². The second-order valence-corrected chi connectivity index (χ2v) is 7.14. The highest BCUT2D eigenvalue weighted by molar-refractivity contribution is 14.0. The highest BCUT2D eigenvalue weighted by Gasteiger charge is 2.24. The van der Waals surface area contributed by atoms with Crippen LogP contribution in [0, 0.1) is 17.6 Å². The predicted octanol–water partition coefficient (Wildman–Crippen LogP) is 3.33. The summed E-state index contributed by atoms with van der Waals surface area (Å²) in [5.74, 6) is 0.0422. The quantitative estimate of drug-likeness (QED) is 0.352.